The highest BCUT2D eigenvalue weighted by atomic mass is 35.5. The minimum absolute atomic E-state index is 0.136. The average molecular weight is 851 g/mol. The molecule has 2 aliphatic heterocycles. The topological polar surface area (TPSA) is 133 Å². The van der Waals surface area contributed by atoms with E-state index >= 15 is 0 Å². The first-order valence-electron chi connectivity index (χ1n) is 21.7. The Morgan fingerprint density at radius 2 is 1.62 bits per heavy atom. The number of anilines is 2. The first-order valence-corrected chi connectivity index (χ1v) is 22.5. The summed E-state index contributed by atoms with van der Waals surface area (Å²) in [5.41, 5.74) is 6.98. The van der Waals surface area contributed by atoms with Gasteiger partial charge in [-0.25, -0.2) is 4.98 Å². The molecule has 0 radical (unpaired) electrons. The first kappa shape index (κ1) is 39.8. The Hall–Kier alpha value is -4.29. The van der Waals surface area contributed by atoms with Gasteiger partial charge in [-0.05, 0) is 123 Å². The molecule has 314 valence electrons. The van der Waals surface area contributed by atoms with Gasteiger partial charge in [0.1, 0.15) is 5.69 Å². The summed E-state index contributed by atoms with van der Waals surface area (Å²) in [6.45, 7) is 6.75. The molecule has 6 aliphatic rings. The van der Waals surface area contributed by atoms with Crippen LogP contribution in [0.3, 0.4) is 0 Å². The van der Waals surface area contributed by atoms with Crippen molar-refractivity contribution >= 4 is 52.4 Å². The van der Waals surface area contributed by atoms with Crippen molar-refractivity contribution < 1.29 is 19.5 Å². The fourth-order valence-corrected chi connectivity index (χ4v) is 12.3. The van der Waals surface area contributed by atoms with E-state index in [1.165, 1.54) is 36.8 Å². The van der Waals surface area contributed by atoms with Crippen LogP contribution in [0.15, 0.2) is 48.7 Å². The molecule has 2 bridgehead atoms. The number of amides is 2. The quantitative estimate of drug-likeness (QED) is 0.144. The number of benzene rings is 2. The molecule has 2 aromatic carbocycles. The Morgan fingerprint density at radius 1 is 0.900 bits per heavy atom. The first-order chi connectivity index (χ1) is 28.8. The van der Waals surface area contributed by atoms with Crippen LogP contribution in [0.5, 0.6) is 0 Å². The molecule has 2 amide bonds. The van der Waals surface area contributed by atoms with Crippen molar-refractivity contribution in [3.05, 3.63) is 92.7 Å². The molecule has 4 heterocycles. The van der Waals surface area contributed by atoms with E-state index in [4.69, 9.17) is 28.2 Å². The SMILES string of the molecule is Cn1c(C(=O)Nc2cccc(-c3cccc(NC(=O)c4cc5c(cn4)CN([C@H]4CC[C@]6(C)CC6C4)CC5)c3Cl)c2Cl)nc2c1CCN(CCC13CCC(C(=O)O)(CC1)C3)C2. The van der Waals surface area contributed by atoms with Crippen molar-refractivity contribution in [2.24, 2.45) is 29.2 Å². The lowest BCUT2D eigenvalue weighted by Gasteiger charge is -2.38. The van der Waals surface area contributed by atoms with Crippen LogP contribution in [0.4, 0.5) is 11.4 Å². The second kappa shape index (κ2) is 15.0. The zero-order chi connectivity index (χ0) is 41.6. The van der Waals surface area contributed by atoms with Crippen molar-refractivity contribution in [1.82, 2.24) is 24.3 Å². The van der Waals surface area contributed by atoms with Crippen LogP contribution >= 0.6 is 23.2 Å². The van der Waals surface area contributed by atoms with Gasteiger partial charge in [0.2, 0.25) is 0 Å². The van der Waals surface area contributed by atoms with Crippen molar-refractivity contribution in [3.8, 4) is 11.1 Å². The number of carbonyl (C=O) groups excluding carboxylic acids is 2. The third-order valence-electron chi connectivity index (χ3n) is 15.7. The summed E-state index contributed by atoms with van der Waals surface area (Å²) in [4.78, 5) is 53.8. The summed E-state index contributed by atoms with van der Waals surface area (Å²) in [5.74, 6) is -0.126. The molecule has 4 fully saturated rings. The van der Waals surface area contributed by atoms with Gasteiger partial charge in [-0.3, -0.25) is 29.2 Å². The predicted molar refractivity (Wildman–Crippen MR) is 232 cm³/mol. The number of halogens is 2. The van der Waals surface area contributed by atoms with E-state index in [1.807, 2.05) is 48.1 Å². The number of carbonyl (C=O) groups is 3. The zero-order valence-electron chi connectivity index (χ0n) is 34.5. The summed E-state index contributed by atoms with van der Waals surface area (Å²) in [7, 11) is 1.88. The molecule has 60 heavy (non-hydrogen) atoms. The molecule has 0 saturated heterocycles. The Labute approximate surface area is 361 Å². The van der Waals surface area contributed by atoms with Gasteiger partial charge in [0.05, 0.1) is 32.5 Å². The van der Waals surface area contributed by atoms with Gasteiger partial charge in [0, 0.05) is 68.7 Å². The largest absolute Gasteiger partial charge is 0.481 e. The van der Waals surface area contributed by atoms with Crippen LogP contribution in [-0.2, 0) is 37.8 Å². The Kier molecular flexibility index (Phi) is 9.93. The summed E-state index contributed by atoms with van der Waals surface area (Å²) in [5, 5.41) is 16.5. The summed E-state index contributed by atoms with van der Waals surface area (Å²) in [6, 6.07) is 13.4. The van der Waals surface area contributed by atoms with Crippen LogP contribution in [0.1, 0.15) is 115 Å². The van der Waals surface area contributed by atoms with E-state index in [1.54, 1.807) is 12.1 Å². The number of pyridine rings is 1. The lowest BCUT2D eigenvalue weighted by Crippen LogP contribution is -2.41. The normalized spacial score (nSPS) is 28.1. The fourth-order valence-electron chi connectivity index (χ4n) is 11.7. The number of hydrogen-bond acceptors (Lipinski definition) is 7. The van der Waals surface area contributed by atoms with Gasteiger partial charge in [-0.15, -0.1) is 0 Å². The molecule has 4 saturated carbocycles. The predicted octanol–water partition coefficient (Wildman–Crippen LogP) is 9.01. The van der Waals surface area contributed by atoms with E-state index in [0.29, 0.717) is 62.1 Å². The minimum Gasteiger partial charge on any atom is -0.481 e. The molecule has 11 nitrogen and oxygen atoms in total. The van der Waals surface area contributed by atoms with Crippen molar-refractivity contribution in [3.63, 3.8) is 0 Å². The molecule has 10 rings (SSSR count). The Bertz CT molecular complexity index is 2420. The van der Waals surface area contributed by atoms with E-state index in [9.17, 15) is 19.5 Å². The third kappa shape index (κ3) is 7.03. The molecule has 1 unspecified atom stereocenters. The fraction of sp³-hybridized carbons (Fsp3) is 0.511. The van der Waals surface area contributed by atoms with Crippen LogP contribution < -0.4 is 10.6 Å². The average Bonchev–Trinajstić information content (AvgIpc) is 3.48. The maximum atomic E-state index is 13.8. The second-order valence-electron chi connectivity index (χ2n) is 19.2. The highest BCUT2D eigenvalue weighted by Gasteiger charge is 2.58. The number of fused-ring (bicyclic) bond motifs is 5. The van der Waals surface area contributed by atoms with Crippen molar-refractivity contribution in [2.45, 2.75) is 103 Å². The lowest BCUT2D eigenvalue weighted by molar-refractivity contribution is -0.148. The van der Waals surface area contributed by atoms with Gasteiger partial charge >= 0.3 is 5.97 Å². The van der Waals surface area contributed by atoms with Crippen LogP contribution in [0.25, 0.3) is 11.1 Å². The third-order valence-corrected chi connectivity index (χ3v) is 16.5. The monoisotopic (exact) mass is 849 g/mol. The van der Waals surface area contributed by atoms with E-state index < -0.39 is 11.4 Å². The number of imidazole rings is 1. The highest BCUT2D eigenvalue weighted by molar-refractivity contribution is 6.40. The standard InChI is InChI=1S/C47H53Cl2N7O4/c1-45-12-9-31(22-30(45)23-45)56-19-10-28-21-36(50-24-29(28)25-56)42(57)52-34-7-3-5-32(39(34)48)33-6-4-8-35(40(33)49)53-43(58)41-51-37-26-55(18-11-38(37)54(41)2)20-17-46-13-15-47(27-46,16-14-46)44(59)60/h3-8,21,24,30-31H,9-20,22-23,25-27H2,1-2H3,(H,52,57)(H,53,58)(H,59,60)/t30?,31-,45+,46?,47?/m0/s1. The molecule has 13 heteroatoms. The van der Waals surface area contributed by atoms with Gasteiger partial charge in [-0.2, -0.15) is 0 Å². The maximum absolute atomic E-state index is 13.8. The number of carboxylic acids is 1. The number of nitrogens with zero attached hydrogens (tertiary/aromatic N) is 5. The molecular formula is C47H53Cl2N7O4. The molecule has 3 N–H and O–H groups in total. The molecule has 3 atom stereocenters. The van der Waals surface area contributed by atoms with Crippen molar-refractivity contribution in [2.75, 3.05) is 30.3 Å². The Balaban J connectivity index is 0.785. The Morgan fingerprint density at radius 3 is 2.30 bits per heavy atom. The molecule has 4 aromatic rings. The molecule has 2 aromatic heterocycles. The zero-order valence-corrected chi connectivity index (χ0v) is 36.0. The number of aliphatic carboxylic acids is 1. The summed E-state index contributed by atoms with van der Waals surface area (Å²) < 4.78 is 1.88. The molecule has 0 spiro atoms. The van der Waals surface area contributed by atoms with Gasteiger partial charge in [0.25, 0.3) is 11.8 Å². The highest BCUT2D eigenvalue weighted by Crippen LogP contribution is 2.63. The van der Waals surface area contributed by atoms with E-state index in [2.05, 4.69) is 32.3 Å². The number of hydrogen-bond donors (Lipinski definition) is 3. The van der Waals surface area contributed by atoms with Crippen LogP contribution in [0, 0.1) is 22.2 Å². The van der Waals surface area contributed by atoms with Gasteiger partial charge in [-0.1, -0.05) is 54.4 Å². The summed E-state index contributed by atoms with van der Waals surface area (Å²) >= 11 is 14.0. The van der Waals surface area contributed by atoms with E-state index in [0.717, 1.165) is 94.9 Å². The lowest BCUT2D eigenvalue weighted by atomic mass is 9.80. The van der Waals surface area contributed by atoms with E-state index in [-0.39, 0.29) is 17.2 Å². The van der Waals surface area contributed by atoms with Crippen LogP contribution in [0.2, 0.25) is 10.0 Å². The maximum Gasteiger partial charge on any atom is 0.309 e. The van der Waals surface area contributed by atoms with Crippen LogP contribution in [-0.4, -0.2) is 72.9 Å². The number of rotatable bonds is 10. The second-order valence-corrected chi connectivity index (χ2v) is 20.0. The smallest absolute Gasteiger partial charge is 0.309 e. The number of nitrogens with one attached hydrogen (secondary N) is 2. The molecule has 4 aliphatic carbocycles. The van der Waals surface area contributed by atoms with Gasteiger partial charge in [0.15, 0.2) is 5.82 Å². The number of carboxylic acid groups (broad SMARTS) is 1. The number of aromatic nitrogens is 3. The summed E-state index contributed by atoms with van der Waals surface area (Å²) in [6.07, 6.45) is 14.2. The minimum atomic E-state index is -0.624. The van der Waals surface area contributed by atoms with Crippen molar-refractivity contribution in [1.29, 1.82) is 0 Å². The van der Waals surface area contributed by atoms with Gasteiger partial charge < -0.3 is 20.3 Å². The molecular weight excluding hydrogens is 797 g/mol.